The molecule has 0 amide bonds. The Hall–Kier alpha value is -1.41. The summed E-state index contributed by atoms with van der Waals surface area (Å²) in [4.78, 5) is 5.07. The van der Waals surface area contributed by atoms with E-state index in [0.29, 0.717) is 6.04 Å². The normalized spacial score (nSPS) is 17.6. The Morgan fingerprint density at radius 1 is 0.947 bits per heavy atom. The zero-order chi connectivity index (χ0) is 12.9. The van der Waals surface area contributed by atoms with Crippen molar-refractivity contribution in [1.29, 1.82) is 0 Å². The van der Waals surface area contributed by atoms with Crippen LogP contribution in [0.2, 0.25) is 0 Å². The van der Waals surface area contributed by atoms with Crippen molar-refractivity contribution in [3.8, 4) is 0 Å². The number of aliphatic imine (C=N–C) groups is 1. The average Bonchev–Trinajstić information content (AvgIpc) is 3.01. The van der Waals surface area contributed by atoms with Crippen LogP contribution in [0, 0.1) is 0 Å². The minimum Gasteiger partial charge on any atom is -0.281 e. The molecule has 1 heterocycles. The maximum atomic E-state index is 5.07. The molecule has 1 fully saturated rings. The molecule has 0 spiro atoms. The zero-order valence-electron chi connectivity index (χ0n) is 11.1. The van der Waals surface area contributed by atoms with Crippen molar-refractivity contribution in [3.63, 3.8) is 0 Å². The SMILES string of the molecule is c1ccc(C(=NC2CCCCC2)c2ccsc2)cc1. The van der Waals surface area contributed by atoms with Crippen molar-refractivity contribution in [3.05, 3.63) is 58.3 Å². The first kappa shape index (κ1) is 12.6. The van der Waals surface area contributed by atoms with Gasteiger partial charge in [0, 0.05) is 16.5 Å². The molecular weight excluding hydrogens is 250 g/mol. The number of hydrogen-bond donors (Lipinski definition) is 0. The van der Waals surface area contributed by atoms with Gasteiger partial charge in [0.2, 0.25) is 0 Å². The molecule has 3 rings (SSSR count). The predicted molar refractivity (Wildman–Crippen MR) is 83.3 cm³/mol. The highest BCUT2D eigenvalue weighted by Crippen LogP contribution is 2.23. The van der Waals surface area contributed by atoms with Gasteiger partial charge in [-0.05, 0) is 24.3 Å². The number of nitrogens with zero attached hydrogens (tertiary/aromatic N) is 1. The Morgan fingerprint density at radius 3 is 2.42 bits per heavy atom. The number of thiophene rings is 1. The lowest BCUT2D eigenvalue weighted by molar-refractivity contribution is 0.443. The molecule has 0 radical (unpaired) electrons. The molecule has 1 aromatic carbocycles. The molecule has 0 bridgehead atoms. The van der Waals surface area contributed by atoms with E-state index in [1.807, 2.05) is 0 Å². The van der Waals surface area contributed by atoms with Gasteiger partial charge in [0.25, 0.3) is 0 Å². The first-order chi connectivity index (χ1) is 9.43. The lowest BCUT2D eigenvalue weighted by Gasteiger charge is -2.19. The van der Waals surface area contributed by atoms with Crippen LogP contribution in [-0.2, 0) is 0 Å². The van der Waals surface area contributed by atoms with Gasteiger partial charge in [-0.1, -0.05) is 49.6 Å². The number of rotatable bonds is 3. The van der Waals surface area contributed by atoms with Gasteiger partial charge in [0.1, 0.15) is 0 Å². The second kappa shape index (κ2) is 6.16. The first-order valence-corrected chi connectivity index (χ1v) is 8.03. The molecule has 0 unspecified atom stereocenters. The standard InChI is InChI=1S/C17H19NS/c1-3-7-14(8-4-1)17(15-11-12-19-13-15)18-16-9-5-2-6-10-16/h1,3-4,7-8,11-13,16H,2,5-6,9-10H2. The lowest BCUT2D eigenvalue weighted by Crippen LogP contribution is -2.14. The Morgan fingerprint density at radius 2 is 1.74 bits per heavy atom. The van der Waals surface area contributed by atoms with Crippen molar-refractivity contribution in [2.45, 2.75) is 38.1 Å². The summed E-state index contributed by atoms with van der Waals surface area (Å²) in [6, 6.07) is 13.3. The zero-order valence-corrected chi connectivity index (χ0v) is 11.9. The average molecular weight is 269 g/mol. The van der Waals surface area contributed by atoms with Crippen molar-refractivity contribution >= 4 is 17.0 Å². The van der Waals surface area contributed by atoms with Crippen molar-refractivity contribution < 1.29 is 0 Å². The molecule has 0 aliphatic heterocycles. The minimum atomic E-state index is 0.517. The molecule has 0 N–H and O–H groups in total. The van der Waals surface area contributed by atoms with E-state index in [4.69, 9.17) is 4.99 Å². The molecule has 98 valence electrons. The quantitative estimate of drug-likeness (QED) is 0.701. The Balaban J connectivity index is 1.94. The Kier molecular flexibility index (Phi) is 4.09. The van der Waals surface area contributed by atoms with Gasteiger partial charge in [-0.25, -0.2) is 0 Å². The van der Waals surface area contributed by atoms with Crippen molar-refractivity contribution in [2.24, 2.45) is 4.99 Å². The van der Waals surface area contributed by atoms with Gasteiger partial charge in [0.15, 0.2) is 0 Å². The number of benzene rings is 1. The molecule has 1 aromatic heterocycles. The fraction of sp³-hybridized carbons (Fsp3) is 0.353. The summed E-state index contributed by atoms with van der Waals surface area (Å²) < 4.78 is 0. The highest BCUT2D eigenvalue weighted by atomic mass is 32.1. The van der Waals surface area contributed by atoms with Crippen LogP contribution in [0.5, 0.6) is 0 Å². The maximum absolute atomic E-state index is 5.07. The van der Waals surface area contributed by atoms with Gasteiger partial charge in [-0.3, -0.25) is 4.99 Å². The fourth-order valence-electron chi connectivity index (χ4n) is 2.70. The smallest absolute Gasteiger partial charge is 0.0730 e. The van der Waals surface area contributed by atoms with E-state index in [-0.39, 0.29) is 0 Å². The topological polar surface area (TPSA) is 12.4 Å². The molecule has 1 aliphatic rings. The Labute approximate surface area is 119 Å². The third-order valence-corrected chi connectivity index (χ3v) is 4.41. The molecule has 1 aliphatic carbocycles. The van der Waals surface area contributed by atoms with Crippen LogP contribution in [0.15, 0.2) is 52.2 Å². The van der Waals surface area contributed by atoms with Gasteiger partial charge < -0.3 is 0 Å². The highest BCUT2D eigenvalue weighted by molar-refractivity contribution is 7.08. The molecule has 19 heavy (non-hydrogen) atoms. The van der Waals surface area contributed by atoms with Crippen LogP contribution >= 0.6 is 11.3 Å². The van der Waals surface area contributed by atoms with Gasteiger partial charge in [-0.2, -0.15) is 11.3 Å². The predicted octanol–water partition coefficient (Wildman–Crippen LogP) is 4.92. The molecular formula is C17H19NS. The third-order valence-electron chi connectivity index (χ3n) is 3.73. The second-order valence-electron chi connectivity index (χ2n) is 5.15. The lowest BCUT2D eigenvalue weighted by atomic mass is 9.95. The van der Waals surface area contributed by atoms with Crippen LogP contribution in [0.3, 0.4) is 0 Å². The molecule has 2 aromatic rings. The molecule has 1 nitrogen and oxygen atoms in total. The summed E-state index contributed by atoms with van der Waals surface area (Å²) in [5.74, 6) is 0. The second-order valence-corrected chi connectivity index (χ2v) is 5.93. The Bertz CT molecular complexity index is 522. The van der Waals surface area contributed by atoms with E-state index in [9.17, 15) is 0 Å². The largest absolute Gasteiger partial charge is 0.281 e. The molecule has 1 saturated carbocycles. The van der Waals surface area contributed by atoms with Gasteiger partial charge in [0.05, 0.1) is 11.8 Å². The first-order valence-electron chi connectivity index (χ1n) is 7.09. The summed E-state index contributed by atoms with van der Waals surface area (Å²) in [6.07, 6.45) is 6.55. The summed E-state index contributed by atoms with van der Waals surface area (Å²) in [5, 5.41) is 4.34. The molecule has 0 atom stereocenters. The minimum absolute atomic E-state index is 0.517. The number of hydrogen-bond acceptors (Lipinski definition) is 2. The third kappa shape index (κ3) is 3.13. The fourth-order valence-corrected chi connectivity index (χ4v) is 3.34. The van der Waals surface area contributed by atoms with Crippen LogP contribution < -0.4 is 0 Å². The molecule has 2 heteroatoms. The highest BCUT2D eigenvalue weighted by Gasteiger charge is 2.15. The van der Waals surface area contributed by atoms with Gasteiger partial charge >= 0.3 is 0 Å². The van der Waals surface area contributed by atoms with E-state index in [1.54, 1.807) is 11.3 Å². The van der Waals surface area contributed by atoms with E-state index < -0.39 is 0 Å². The van der Waals surface area contributed by atoms with E-state index in [2.05, 4.69) is 47.2 Å². The van der Waals surface area contributed by atoms with Crippen LogP contribution in [0.25, 0.3) is 0 Å². The summed E-state index contributed by atoms with van der Waals surface area (Å²) in [7, 11) is 0. The van der Waals surface area contributed by atoms with Crippen LogP contribution in [0.4, 0.5) is 0 Å². The summed E-state index contributed by atoms with van der Waals surface area (Å²) in [6.45, 7) is 0. The summed E-state index contributed by atoms with van der Waals surface area (Å²) in [5.41, 5.74) is 3.68. The van der Waals surface area contributed by atoms with Gasteiger partial charge in [-0.15, -0.1) is 0 Å². The van der Waals surface area contributed by atoms with E-state index >= 15 is 0 Å². The maximum Gasteiger partial charge on any atom is 0.0730 e. The molecule has 0 saturated heterocycles. The van der Waals surface area contributed by atoms with E-state index in [0.717, 1.165) is 0 Å². The van der Waals surface area contributed by atoms with Crippen LogP contribution in [-0.4, -0.2) is 11.8 Å². The van der Waals surface area contributed by atoms with Crippen LogP contribution in [0.1, 0.15) is 43.2 Å². The monoisotopic (exact) mass is 269 g/mol. The summed E-state index contributed by atoms with van der Waals surface area (Å²) >= 11 is 1.74. The van der Waals surface area contributed by atoms with Crippen molar-refractivity contribution in [1.82, 2.24) is 0 Å². The van der Waals surface area contributed by atoms with Crippen molar-refractivity contribution in [2.75, 3.05) is 0 Å². The van der Waals surface area contributed by atoms with E-state index in [1.165, 1.54) is 48.9 Å².